The summed E-state index contributed by atoms with van der Waals surface area (Å²) in [5.74, 6) is 0.578. The molecule has 0 saturated heterocycles. The van der Waals surface area contributed by atoms with Crippen LogP contribution in [-0.2, 0) is 0 Å². The molecule has 1 aromatic carbocycles. The molecule has 1 atom stereocenters. The van der Waals surface area contributed by atoms with Gasteiger partial charge in [0.25, 0.3) is 0 Å². The molecule has 2 aliphatic carbocycles. The zero-order chi connectivity index (χ0) is 10.4. The van der Waals surface area contributed by atoms with Gasteiger partial charge in [0.1, 0.15) is 0 Å². The highest BCUT2D eigenvalue weighted by Crippen LogP contribution is 2.30. The van der Waals surface area contributed by atoms with Gasteiger partial charge in [-0.25, -0.2) is 0 Å². The number of hydrogen-bond acceptors (Lipinski definition) is 0. The van der Waals surface area contributed by atoms with Crippen LogP contribution in [0.4, 0.5) is 0 Å². The summed E-state index contributed by atoms with van der Waals surface area (Å²) in [6.45, 7) is 4.50. The second-order valence-corrected chi connectivity index (χ2v) is 4.39. The van der Waals surface area contributed by atoms with E-state index in [0.717, 1.165) is 0 Å². The smallest absolute Gasteiger partial charge is 0.00419 e. The van der Waals surface area contributed by atoms with Crippen LogP contribution in [0.15, 0.2) is 47.6 Å². The largest absolute Gasteiger partial charge is 0.0770 e. The first kappa shape index (κ1) is 8.72. The van der Waals surface area contributed by atoms with Crippen molar-refractivity contribution in [2.45, 2.75) is 13.8 Å². The van der Waals surface area contributed by atoms with E-state index in [1.807, 2.05) is 0 Å². The van der Waals surface area contributed by atoms with Gasteiger partial charge in [-0.05, 0) is 40.5 Å². The average Bonchev–Trinajstić information content (AvgIpc) is 2.63. The van der Waals surface area contributed by atoms with E-state index in [1.165, 1.54) is 27.2 Å². The molecule has 0 fully saturated rings. The predicted molar refractivity (Wildman–Crippen MR) is 64.6 cm³/mol. The molecule has 0 nitrogen and oxygen atoms in total. The van der Waals surface area contributed by atoms with Gasteiger partial charge in [0, 0.05) is 0 Å². The maximum Gasteiger partial charge on any atom is -0.00419 e. The van der Waals surface area contributed by atoms with E-state index in [9.17, 15) is 0 Å². The Hall–Kier alpha value is -1.56. The van der Waals surface area contributed by atoms with E-state index in [1.54, 1.807) is 0 Å². The van der Waals surface area contributed by atoms with Crippen LogP contribution in [0.1, 0.15) is 13.8 Å². The van der Waals surface area contributed by atoms with Crippen LogP contribution < -0.4 is 10.4 Å². The van der Waals surface area contributed by atoms with Gasteiger partial charge in [0.2, 0.25) is 0 Å². The maximum absolute atomic E-state index is 2.32. The molecule has 0 heterocycles. The fourth-order valence-corrected chi connectivity index (χ4v) is 2.38. The molecule has 15 heavy (non-hydrogen) atoms. The molecular formula is C15H14. The zero-order valence-corrected chi connectivity index (χ0v) is 9.12. The van der Waals surface area contributed by atoms with E-state index >= 15 is 0 Å². The van der Waals surface area contributed by atoms with Crippen molar-refractivity contribution in [1.29, 1.82) is 0 Å². The lowest BCUT2D eigenvalue weighted by molar-refractivity contribution is 0.852. The Labute approximate surface area is 89.9 Å². The fourth-order valence-electron chi connectivity index (χ4n) is 2.38. The molecule has 0 heteroatoms. The van der Waals surface area contributed by atoms with Crippen LogP contribution in [0.2, 0.25) is 0 Å². The summed E-state index contributed by atoms with van der Waals surface area (Å²) in [5, 5.41) is 2.75. The second-order valence-electron chi connectivity index (χ2n) is 4.39. The molecule has 3 rings (SSSR count). The molecule has 1 unspecified atom stereocenters. The summed E-state index contributed by atoms with van der Waals surface area (Å²) in [6, 6.07) is 8.63. The van der Waals surface area contributed by atoms with Crippen molar-refractivity contribution in [2.24, 2.45) is 5.92 Å². The Morgan fingerprint density at radius 1 is 1.07 bits per heavy atom. The third-order valence-corrected chi connectivity index (χ3v) is 3.50. The fraction of sp³-hybridized carbons (Fsp3) is 0.200. The van der Waals surface area contributed by atoms with Crippen molar-refractivity contribution in [3.8, 4) is 0 Å². The van der Waals surface area contributed by atoms with Gasteiger partial charge in [-0.2, -0.15) is 0 Å². The normalized spacial score (nSPS) is 22.5. The van der Waals surface area contributed by atoms with Crippen molar-refractivity contribution < 1.29 is 0 Å². The van der Waals surface area contributed by atoms with Crippen LogP contribution >= 0.6 is 0 Å². The Morgan fingerprint density at radius 3 is 2.73 bits per heavy atom. The zero-order valence-electron chi connectivity index (χ0n) is 9.12. The molecule has 2 aliphatic rings. The first-order chi connectivity index (χ1) is 7.27. The average molecular weight is 194 g/mol. The highest BCUT2D eigenvalue weighted by atomic mass is 14.2. The Morgan fingerprint density at radius 2 is 1.87 bits per heavy atom. The van der Waals surface area contributed by atoms with E-state index in [0.29, 0.717) is 5.92 Å². The maximum atomic E-state index is 2.32. The molecule has 0 N–H and O–H groups in total. The molecule has 0 bridgehead atoms. The van der Waals surface area contributed by atoms with Gasteiger partial charge in [-0.1, -0.05) is 48.9 Å². The first-order valence-corrected chi connectivity index (χ1v) is 5.48. The van der Waals surface area contributed by atoms with Crippen molar-refractivity contribution in [2.75, 3.05) is 0 Å². The summed E-state index contributed by atoms with van der Waals surface area (Å²) >= 11 is 0. The highest BCUT2D eigenvalue weighted by Gasteiger charge is 2.17. The SMILES string of the molecule is CC1=C2C=c3ccccc3=C2C=CC1C. The van der Waals surface area contributed by atoms with E-state index in [2.05, 4.69) is 56.3 Å². The molecule has 0 spiro atoms. The summed E-state index contributed by atoms with van der Waals surface area (Å²) < 4.78 is 0. The third kappa shape index (κ3) is 1.14. The van der Waals surface area contributed by atoms with Crippen LogP contribution in [-0.4, -0.2) is 0 Å². The van der Waals surface area contributed by atoms with Gasteiger partial charge in [-0.15, -0.1) is 0 Å². The Balaban J connectivity index is 2.43. The number of hydrogen-bond donors (Lipinski definition) is 0. The quantitative estimate of drug-likeness (QED) is 0.593. The minimum absolute atomic E-state index is 0.578. The first-order valence-electron chi connectivity index (χ1n) is 5.48. The standard InChI is InChI=1S/C15H14/c1-10-7-8-14-13-6-4-3-5-12(13)9-15(14)11(10)2/h3-10H,1-2H3. The topological polar surface area (TPSA) is 0 Å². The Bertz CT molecular complexity index is 597. The Kier molecular flexibility index (Phi) is 1.72. The molecule has 74 valence electrons. The number of benzene rings is 1. The van der Waals surface area contributed by atoms with Crippen LogP contribution in [0.5, 0.6) is 0 Å². The molecule has 0 radical (unpaired) electrons. The molecule has 0 saturated carbocycles. The van der Waals surface area contributed by atoms with Gasteiger partial charge < -0.3 is 0 Å². The lowest BCUT2D eigenvalue weighted by Crippen LogP contribution is -2.21. The van der Waals surface area contributed by atoms with Gasteiger partial charge in [0.15, 0.2) is 0 Å². The number of rotatable bonds is 0. The molecule has 0 aliphatic heterocycles. The summed E-state index contributed by atoms with van der Waals surface area (Å²) in [5.41, 5.74) is 4.33. The van der Waals surface area contributed by atoms with Gasteiger partial charge in [0.05, 0.1) is 0 Å². The molecule has 1 aromatic rings. The number of allylic oxidation sites excluding steroid dienone is 4. The van der Waals surface area contributed by atoms with Crippen molar-refractivity contribution >= 4 is 11.6 Å². The molecular weight excluding hydrogens is 180 g/mol. The third-order valence-electron chi connectivity index (χ3n) is 3.50. The molecule has 0 amide bonds. The van der Waals surface area contributed by atoms with Gasteiger partial charge >= 0.3 is 0 Å². The monoisotopic (exact) mass is 194 g/mol. The van der Waals surface area contributed by atoms with E-state index in [-0.39, 0.29) is 0 Å². The van der Waals surface area contributed by atoms with Crippen LogP contribution in [0.25, 0.3) is 11.6 Å². The van der Waals surface area contributed by atoms with E-state index in [4.69, 9.17) is 0 Å². The lowest BCUT2D eigenvalue weighted by atomic mass is 9.88. The minimum atomic E-state index is 0.578. The molecule has 0 aromatic heterocycles. The predicted octanol–water partition coefficient (Wildman–Crippen LogP) is 2.15. The summed E-state index contributed by atoms with van der Waals surface area (Å²) in [4.78, 5) is 0. The van der Waals surface area contributed by atoms with Crippen molar-refractivity contribution in [1.82, 2.24) is 0 Å². The van der Waals surface area contributed by atoms with E-state index < -0.39 is 0 Å². The van der Waals surface area contributed by atoms with Crippen LogP contribution in [0, 0.1) is 5.92 Å². The van der Waals surface area contributed by atoms with Gasteiger partial charge in [-0.3, -0.25) is 0 Å². The number of fused-ring (bicyclic) bond motifs is 2. The minimum Gasteiger partial charge on any atom is -0.0770 e. The highest BCUT2D eigenvalue weighted by molar-refractivity contribution is 5.89. The summed E-state index contributed by atoms with van der Waals surface area (Å²) in [7, 11) is 0. The van der Waals surface area contributed by atoms with Crippen molar-refractivity contribution in [3.05, 3.63) is 58.0 Å². The van der Waals surface area contributed by atoms with Crippen LogP contribution in [0.3, 0.4) is 0 Å². The lowest BCUT2D eigenvalue weighted by Gasteiger charge is -2.17. The second kappa shape index (κ2) is 2.96. The van der Waals surface area contributed by atoms with Crippen molar-refractivity contribution in [3.63, 3.8) is 0 Å². The summed E-state index contributed by atoms with van der Waals surface area (Å²) in [6.07, 6.45) is 6.89.